The van der Waals surface area contributed by atoms with Gasteiger partial charge in [-0.3, -0.25) is 19.7 Å². The molecule has 0 spiro atoms. The monoisotopic (exact) mass is 286 g/mol. The minimum absolute atomic E-state index is 0.0765. The number of methoxy groups -OCH3 is 1. The summed E-state index contributed by atoms with van der Waals surface area (Å²) in [5.41, 5.74) is 0. The highest BCUT2D eigenvalue weighted by molar-refractivity contribution is 7.17. The third-order valence-electron chi connectivity index (χ3n) is 2.46. The molecule has 0 saturated heterocycles. The van der Waals surface area contributed by atoms with Crippen LogP contribution in [-0.2, 0) is 9.53 Å². The van der Waals surface area contributed by atoms with E-state index in [4.69, 9.17) is 0 Å². The lowest BCUT2D eigenvalue weighted by atomic mass is 10.3. The molecule has 0 fully saturated rings. The highest BCUT2D eigenvalue weighted by Gasteiger charge is 2.20. The van der Waals surface area contributed by atoms with Crippen LogP contribution in [0.5, 0.6) is 0 Å². The molecule has 1 heterocycles. The van der Waals surface area contributed by atoms with Gasteiger partial charge in [0.2, 0.25) is 0 Å². The molecule has 0 bridgehead atoms. The first-order valence-corrected chi connectivity index (χ1v) is 6.41. The van der Waals surface area contributed by atoms with Gasteiger partial charge in [-0.2, -0.15) is 0 Å². The van der Waals surface area contributed by atoms with E-state index >= 15 is 0 Å². The van der Waals surface area contributed by atoms with Crippen LogP contribution in [0.1, 0.15) is 23.0 Å². The van der Waals surface area contributed by atoms with Gasteiger partial charge in [-0.05, 0) is 13.0 Å². The Labute approximate surface area is 113 Å². The topological polar surface area (TPSA) is 89.8 Å². The van der Waals surface area contributed by atoms with E-state index in [0.29, 0.717) is 11.4 Å². The molecule has 0 atom stereocenters. The van der Waals surface area contributed by atoms with Crippen molar-refractivity contribution in [2.24, 2.45) is 0 Å². The summed E-state index contributed by atoms with van der Waals surface area (Å²) < 4.78 is 4.50. The lowest BCUT2D eigenvalue weighted by Crippen LogP contribution is -2.32. The lowest BCUT2D eigenvalue weighted by molar-refractivity contribution is -0.380. The molecule has 104 valence electrons. The predicted octanol–water partition coefficient (Wildman–Crippen LogP) is 1.68. The zero-order valence-electron chi connectivity index (χ0n) is 10.6. The molecular weight excluding hydrogens is 272 g/mol. The minimum atomic E-state index is -0.536. The maximum absolute atomic E-state index is 12.1. The molecule has 1 amide bonds. The van der Waals surface area contributed by atoms with Crippen molar-refractivity contribution >= 4 is 28.2 Å². The second-order valence-corrected chi connectivity index (χ2v) is 4.67. The van der Waals surface area contributed by atoms with Crippen molar-refractivity contribution in [1.29, 1.82) is 0 Å². The standard InChI is InChI=1S/C11H14N2O5S/c1-3-12(7-6-10(14)18-2)11(15)8-4-5-9(19-8)13(16)17/h4-5H,3,6-7H2,1-2H3. The number of carbonyl (C=O) groups is 2. The van der Waals surface area contributed by atoms with Crippen LogP contribution in [-0.4, -0.2) is 41.9 Å². The molecule has 19 heavy (non-hydrogen) atoms. The van der Waals surface area contributed by atoms with E-state index in [1.54, 1.807) is 6.92 Å². The molecule has 0 unspecified atom stereocenters. The third-order valence-corrected chi connectivity index (χ3v) is 3.49. The summed E-state index contributed by atoms with van der Waals surface area (Å²) in [5, 5.41) is 10.5. The Morgan fingerprint density at radius 1 is 1.47 bits per heavy atom. The number of esters is 1. The molecule has 0 aliphatic heterocycles. The van der Waals surface area contributed by atoms with E-state index in [1.165, 1.54) is 24.1 Å². The largest absolute Gasteiger partial charge is 0.469 e. The predicted molar refractivity (Wildman–Crippen MR) is 69.2 cm³/mol. The van der Waals surface area contributed by atoms with E-state index < -0.39 is 10.9 Å². The van der Waals surface area contributed by atoms with Gasteiger partial charge in [-0.25, -0.2) is 0 Å². The third kappa shape index (κ3) is 4.02. The quantitative estimate of drug-likeness (QED) is 0.451. The summed E-state index contributed by atoms with van der Waals surface area (Å²) in [6.07, 6.45) is 0.101. The summed E-state index contributed by atoms with van der Waals surface area (Å²) in [4.78, 5) is 34.9. The number of thiophene rings is 1. The van der Waals surface area contributed by atoms with E-state index in [1.807, 2.05) is 0 Å². The molecule has 1 rings (SSSR count). The van der Waals surface area contributed by atoms with Crippen LogP contribution in [0, 0.1) is 10.1 Å². The van der Waals surface area contributed by atoms with Crippen LogP contribution in [0.3, 0.4) is 0 Å². The molecule has 0 N–H and O–H groups in total. The highest BCUT2D eigenvalue weighted by atomic mass is 32.1. The van der Waals surface area contributed by atoms with E-state index in [0.717, 1.165) is 11.3 Å². The van der Waals surface area contributed by atoms with Crippen molar-refractivity contribution in [3.8, 4) is 0 Å². The first-order chi connectivity index (χ1) is 8.99. The van der Waals surface area contributed by atoms with Crippen LogP contribution < -0.4 is 0 Å². The lowest BCUT2D eigenvalue weighted by Gasteiger charge is -2.19. The number of ether oxygens (including phenoxy) is 1. The Morgan fingerprint density at radius 3 is 2.63 bits per heavy atom. The molecule has 7 nitrogen and oxygen atoms in total. The summed E-state index contributed by atoms with van der Waals surface area (Å²) in [5.74, 6) is -0.715. The first kappa shape index (κ1) is 15.1. The number of rotatable bonds is 6. The molecule has 0 radical (unpaired) electrons. The zero-order chi connectivity index (χ0) is 14.4. The van der Waals surface area contributed by atoms with Gasteiger partial charge in [0, 0.05) is 19.2 Å². The SMILES string of the molecule is CCN(CCC(=O)OC)C(=O)c1ccc([N+](=O)[O-])s1. The fourth-order valence-electron chi connectivity index (χ4n) is 1.43. The summed E-state index contributed by atoms with van der Waals surface area (Å²) in [6, 6.07) is 2.72. The number of hydrogen-bond donors (Lipinski definition) is 0. The van der Waals surface area contributed by atoms with E-state index in [2.05, 4.69) is 4.74 Å². The molecule has 0 aliphatic carbocycles. The number of carbonyl (C=O) groups excluding carboxylic acids is 2. The van der Waals surface area contributed by atoms with Crippen LogP contribution in [0.4, 0.5) is 5.00 Å². The van der Waals surface area contributed by atoms with E-state index in [-0.39, 0.29) is 23.9 Å². The first-order valence-electron chi connectivity index (χ1n) is 5.60. The Balaban J connectivity index is 2.71. The normalized spacial score (nSPS) is 10.0. The van der Waals surface area contributed by atoms with Crippen LogP contribution in [0.25, 0.3) is 0 Å². The van der Waals surface area contributed by atoms with Crippen molar-refractivity contribution in [2.75, 3.05) is 20.2 Å². The van der Waals surface area contributed by atoms with Gasteiger partial charge in [-0.1, -0.05) is 11.3 Å². The van der Waals surface area contributed by atoms with Gasteiger partial charge in [-0.15, -0.1) is 0 Å². The second kappa shape index (κ2) is 6.83. The van der Waals surface area contributed by atoms with Crippen molar-refractivity contribution in [2.45, 2.75) is 13.3 Å². The molecule has 1 aromatic rings. The van der Waals surface area contributed by atoms with Crippen LogP contribution >= 0.6 is 11.3 Å². The van der Waals surface area contributed by atoms with Gasteiger partial charge < -0.3 is 9.64 Å². The molecular formula is C11H14N2O5S. The van der Waals surface area contributed by atoms with Crippen molar-refractivity contribution < 1.29 is 19.2 Å². The minimum Gasteiger partial charge on any atom is -0.469 e. The Hall–Kier alpha value is -1.96. The smallest absolute Gasteiger partial charge is 0.324 e. The van der Waals surface area contributed by atoms with Gasteiger partial charge in [0.1, 0.15) is 0 Å². The van der Waals surface area contributed by atoms with Gasteiger partial charge in [0.25, 0.3) is 5.91 Å². The van der Waals surface area contributed by atoms with Crippen LogP contribution in [0.15, 0.2) is 12.1 Å². The van der Waals surface area contributed by atoms with Crippen molar-refractivity contribution in [3.05, 3.63) is 27.1 Å². The van der Waals surface area contributed by atoms with Crippen molar-refractivity contribution in [3.63, 3.8) is 0 Å². The van der Waals surface area contributed by atoms with Gasteiger partial charge in [0.05, 0.1) is 23.3 Å². The summed E-state index contributed by atoms with van der Waals surface area (Å²) in [7, 11) is 1.28. The number of amides is 1. The summed E-state index contributed by atoms with van der Waals surface area (Å²) >= 11 is 0.826. The van der Waals surface area contributed by atoms with Gasteiger partial charge in [0.15, 0.2) is 0 Å². The summed E-state index contributed by atoms with van der Waals surface area (Å²) in [6.45, 7) is 2.42. The number of hydrogen-bond acceptors (Lipinski definition) is 6. The molecule has 1 aromatic heterocycles. The Bertz CT molecular complexity index is 485. The zero-order valence-corrected chi connectivity index (χ0v) is 11.4. The van der Waals surface area contributed by atoms with Crippen LogP contribution in [0.2, 0.25) is 0 Å². The Kier molecular flexibility index (Phi) is 5.43. The number of nitrogens with zero attached hydrogens (tertiary/aromatic N) is 2. The molecule has 0 saturated carbocycles. The second-order valence-electron chi connectivity index (χ2n) is 3.61. The van der Waals surface area contributed by atoms with E-state index in [9.17, 15) is 19.7 Å². The molecule has 0 aliphatic rings. The average Bonchev–Trinajstić information content (AvgIpc) is 2.88. The number of nitro groups is 1. The maximum atomic E-state index is 12.1. The van der Waals surface area contributed by atoms with Crippen molar-refractivity contribution in [1.82, 2.24) is 4.90 Å². The highest BCUT2D eigenvalue weighted by Crippen LogP contribution is 2.25. The Morgan fingerprint density at radius 2 is 2.16 bits per heavy atom. The fourth-order valence-corrected chi connectivity index (χ4v) is 2.22. The fraction of sp³-hybridized carbons (Fsp3) is 0.455. The molecule has 0 aromatic carbocycles. The van der Waals surface area contributed by atoms with Gasteiger partial charge >= 0.3 is 11.0 Å². The molecule has 8 heteroatoms. The maximum Gasteiger partial charge on any atom is 0.324 e. The average molecular weight is 286 g/mol.